The third-order valence-electron chi connectivity index (χ3n) is 6.09. The molecule has 180 valence electrons. The number of carbonyl (C=O) groups excluding carboxylic acids is 2. The second-order valence-corrected chi connectivity index (χ2v) is 10.3. The van der Waals surface area contributed by atoms with E-state index >= 15 is 0 Å². The highest BCUT2D eigenvalue weighted by molar-refractivity contribution is 7.90. The van der Waals surface area contributed by atoms with Gasteiger partial charge in [-0.15, -0.1) is 0 Å². The summed E-state index contributed by atoms with van der Waals surface area (Å²) in [5, 5.41) is 0.646. The van der Waals surface area contributed by atoms with Gasteiger partial charge in [0.05, 0.1) is 17.0 Å². The number of Topliss-reactive ketones (excluding diaryl/α,β-unsaturated/α-hetero) is 1. The van der Waals surface area contributed by atoms with Gasteiger partial charge in [0.25, 0.3) is 10.0 Å². The van der Waals surface area contributed by atoms with Crippen LogP contribution in [0.1, 0.15) is 36.5 Å². The van der Waals surface area contributed by atoms with Gasteiger partial charge in [-0.1, -0.05) is 66.2 Å². The molecule has 35 heavy (non-hydrogen) atoms. The molecule has 1 heterocycles. The van der Waals surface area contributed by atoms with Crippen molar-refractivity contribution in [3.8, 4) is 0 Å². The molecule has 4 rings (SSSR count). The molecule has 1 aromatic heterocycles. The molecular weight excluding hydrogens is 462 g/mol. The highest BCUT2D eigenvalue weighted by Crippen LogP contribution is 2.39. The molecule has 4 aromatic rings. The Hall–Kier alpha value is -3.71. The number of esters is 1. The summed E-state index contributed by atoms with van der Waals surface area (Å²) in [5.41, 5.74) is 2.70. The maximum atomic E-state index is 13.7. The average molecular weight is 490 g/mol. The Labute approximate surface area is 205 Å². The van der Waals surface area contributed by atoms with E-state index in [9.17, 15) is 18.0 Å². The number of nitrogens with zero attached hydrogens (tertiary/aromatic N) is 1. The Balaban J connectivity index is 2.00. The molecule has 0 fully saturated rings. The van der Waals surface area contributed by atoms with E-state index < -0.39 is 27.8 Å². The predicted octanol–water partition coefficient (Wildman–Crippen LogP) is 5.09. The molecular formula is C28H27NO5S. The van der Waals surface area contributed by atoms with Gasteiger partial charge in [0.1, 0.15) is 11.7 Å². The summed E-state index contributed by atoms with van der Waals surface area (Å²) in [7, 11) is -3.94. The summed E-state index contributed by atoms with van der Waals surface area (Å²) in [6.07, 6.45) is 1.53. The van der Waals surface area contributed by atoms with Crippen molar-refractivity contribution in [3.05, 3.63) is 102 Å². The van der Waals surface area contributed by atoms with E-state index in [0.29, 0.717) is 16.5 Å². The van der Waals surface area contributed by atoms with E-state index in [-0.39, 0.29) is 17.3 Å². The number of carbonyl (C=O) groups is 2. The van der Waals surface area contributed by atoms with Crippen molar-refractivity contribution in [2.75, 3.05) is 6.61 Å². The minimum Gasteiger partial charge on any atom is -0.465 e. The van der Waals surface area contributed by atoms with E-state index in [0.717, 1.165) is 11.1 Å². The third kappa shape index (κ3) is 4.64. The zero-order valence-electron chi connectivity index (χ0n) is 19.8. The lowest BCUT2D eigenvalue weighted by atomic mass is 9.78. The molecule has 0 saturated heterocycles. The molecule has 0 bridgehead atoms. The van der Waals surface area contributed by atoms with Crippen LogP contribution in [0, 0.1) is 12.8 Å². The molecule has 3 aromatic carbocycles. The van der Waals surface area contributed by atoms with E-state index in [1.807, 2.05) is 49.4 Å². The van der Waals surface area contributed by atoms with Gasteiger partial charge in [-0.05, 0) is 50.1 Å². The number of aryl methyl sites for hydroxylation is 1. The van der Waals surface area contributed by atoms with E-state index in [1.54, 1.807) is 43.3 Å². The number of benzene rings is 3. The van der Waals surface area contributed by atoms with Crippen molar-refractivity contribution in [1.29, 1.82) is 0 Å². The fourth-order valence-corrected chi connectivity index (χ4v) is 5.80. The number of rotatable bonds is 8. The first-order valence-electron chi connectivity index (χ1n) is 11.4. The number of fused-ring (bicyclic) bond motifs is 1. The van der Waals surface area contributed by atoms with Crippen molar-refractivity contribution in [2.45, 2.75) is 31.6 Å². The van der Waals surface area contributed by atoms with Gasteiger partial charge in [0, 0.05) is 17.5 Å². The monoisotopic (exact) mass is 489 g/mol. The van der Waals surface area contributed by atoms with Gasteiger partial charge in [0.2, 0.25) is 0 Å². The lowest BCUT2D eigenvalue weighted by Crippen LogP contribution is -2.31. The number of ketones is 1. The fourth-order valence-electron chi connectivity index (χ4n) is 4.43. The topological polar surface area (TPSA) is 82.4 Å². The van der Waals surface area contributed by atoms with Gasteiger partial charge in [0.15, 0.2) is 0 Å². The molecule has 2 unspecified atom stereocenters. The number of aromatic nitrogens is 1. The van der Waals surface area contributed by atoms with Crippen LogP contribution in [0.3, 0.4) is 0 Å². The molecule has 0 spiro atoms. The largest absolute Gasteiger partial charge is 0.465 e. The van der Waals surface area contributed by atoms with Crippen LogP contribution in [0.25, 0.3) is 10.9 Å². The molecule has 6 nitrogen and oxygen atoms in total. The smallest absolute Gasteiger partial charge is 0.317 e. The predicted molar refractivity (Wildman–Crippen MR) is 135 cm³/mol. The van der Waals surface area contributed by atoms with Crippen LogP contribution in [-0.4, -0.2) is 30.7 Å². The van der Waals surface area contributed by atoms with Gasteiger partial charge in [-0.2, -0.15) is 0 Å². The average Bonchev–Trinajstić information content (AvgIpc) is 3.23. The van der Waals surface area contributed by atoms with Crippen LogP contribution in [0.4, 0.5) is 0 Å². The Bertz CT molecular complexity index is 1470. The zero-order chi connectivity index (χ0) is 25.2. The van der Waals surface area contributed by atoms with Crippen LogP contribution < -0.4 is 0 Å². The Kier molecular flexibility index (Phi) is 6.89. The van der Waals surface area contributed by atoms with Crippen molar-refractivity contribution in [1.82, 2.24) is 3.97 Å². The first-order valence-corrected chi connectivity index (χ1v) is 12.8. The van der Waals surface area contributed by atoms with Gasteiger partial charge in [-0.25, -0.2) is 12.4 Å². The molecule has 0 radical (unpaired) electrons. The molecule has 7 heteroatoms. The Morgan fingerprint density at radius 1 is 0.914 bits per heavy atom. The lowest BCUT2D eigenvalue weighted by molar-refractivity contribution is -0.151. The number of hydrogen-bond acceptors (Lipinski definition) is 5. The lowest BCUT2D eigenvalue weighted by Gasteiger charge is -2.24. The van der Waals surface area contributed by atoms with E-state index in [2.05, 4.69) is 0 Å². The van der Waals surface area contributed by atoms with E-state index in [4.69, 9.17) is 4.74 Å². The minimum absolute atomic E-state index is 0.133. The summed E-state index contributed by atoms with van der Waals surface area (Å²) < 4.78 is 33.9. The Morgan fingerprint density at radius 3 is 2.17 bits per heavy atom. The minimum atomic E-state index is -3.94. The standard InChI is InChI=1S/C28H27NO5S/c1-4-34-28(31)26(20(3)30)27(21-10-6-5-7-11-21)24-18-29(25-13-9-8-12-23(24)25)35(32,33)22-16-14-19(2)15-17-22/h5-18,26-27H,4H2,1-3H3. The highest BCUT2D eigenvalue weighted by Gasteiger charge is 2.38. The van der Waals surface area contributed by atoms with Crippen molar-refractivity contribution < 1.29 is 22.7 Å². The summed E-state index contributed by atoms with van der Waals surface area (Å²) in [4.78, 5) is 26.0. The van der Waals surface area contributed by atoms with Gasteiger partial charge in [-0.3, -0.25) is 9.59 Å². The quantitative estimate of drug-likeness (QED) is 0.254. The zero-order valence-corrected chi connectivity index (χ0v) is 20.7. The number of para-hydroxylation sites is 1. The fraction of sp³-hybridized carbons (Fsp3) is 0.214. The molecule has 0 N–H and O–H groups in total. The van der Waals surface area contributed by atoms with Crippen molar-refractivity contribution in [2.24, 2.45) is 5.92 Å². The summed E-state index contributed by atoms with van der Waals surface area (Å²) in [5.74, 6) is -2.84. The molecule has 0 saturated carbocycles. The Morgan fingerprint density at radius 2 is 1.54 bits per heavy atom. The number of ether oxygens (including phenoxy) is 1. The molecule has 0 aliphatic carbocycles. The maximum Gasteiger partial charge on any atom is 0.317 e. The van der Waals surface area contributed by atoms with Crippen LogP contribution in [0.2, 0.25) is 0 Å². The number of hydrogen-bond donors (Lipinski definition) is 0. The van der Waals surface area contributed by atoms with Gasteiger partial charge < -0.3 is 4.74 Å². The third-order valence-corrected chi connectivity index (χ3v) is 7.78. The summed E-state index contributed by atoms with van der Waals surface area (Å²) in [6, 6.07) is 22.9. The van der Waals surface area contributed by atoms with Crippen molar-refractivity contribution in [3.63, 3.8) is 0 Å². The molecule has 0 amide bonds. The van der Waals surface area contributed by atoms with E-state index in [1.165, 1.54) is 17.1 Å². The summed E-state index contributed by atoms with van der Waals surface area (Å²) >= 11 is 0. The molecule has 0 aliphatic heterocycles. The van der Waals surface area contributed by atoms with Crippen LogP contribution in [-0.2, 0) is 24.3 Å². The van der Waals surface area contributed by atoms with Gasteiger partial charge >= 0.3 is 5.97 Å². The van der Waals surface area contributed by atoms with Crippen LogP contribution >= 0.6 is 0 Å². The van der Waals surface area contributed by atoms with Crippen molar-refractivity contribution >= 4 is 32.7 Å². The first-order chi connectivity index (χ1) is 16.8. The SMILES string of the molecule is CCOC(=O)C(C(C)=O)C(c1ccccc1)c1cn(S(=O)(=O)c2ccc(C)cc2)c2ccccc12. The molecule has 0 aliphatic rings. The second kappa shape index (κ2) is 9.88. The second-order valence-electron chi connectivity index (χ2n) is 8.44. The van der Waals surface area contributed by atoms with Crippen LogP contribution in [0.5, 0.6) is 0 Å². The highest BCUT2D eigenvalue weighted by atomic mass is 32.2. The first kappa shape index (κ1) is 24.4. The van der Waals surface area contributed by atoms with Crippen LogP contribution in [0.15, 0.2) is 90.0 Å². The summed E-state index contributed by atoms with van der Waals surface area (Å²) in [6.45, 7) is 5.07. The molecule has 2 atom stereocenters. The normalized spacial score (nSPS) is 13.3. The maximum absolute atomic E-state index is 13.7.